The monoisotopic (exact) mass is 579 g/mol. The Hall–Kier alpha value is -0.890. The van der Waals surface area contributed by atoms with Gasteiger partial charge in [0.05, 0.1) is 12.7 Å². The van der Waals surface area contributed by atoms with Crippen LogP contribution in [0.5, 0.6) is 0 Å². The molecule has 9 atom stereocenters. The molecule has 0 radical (unpaired) electrons. The van der Waals surface area contributed by atoms with E-state index in [1.807, 2.05) is 0 Å². The number of aliphatic hydroxyl groups excluding tert-OH is 7. The number of carbonyl (C=O) groups is 1. The minimum absolute atomic E-state index is 0.376. The van der Waals surface area contributed by atoms with Gasteiger partial charge in [-0.3, -0.25) is 4.79 Å². The number of amides is 1. The van der Waals surface area contributed by atoms with Crippen molar-refractivity contribution in [2.75, 3.05) is 20.2 Å². The number of hydrogen-bond donors (Lipinski definition) is 7. The molecule has 0 aromatic heterocycles. The van der Waals surface area contributed by atoms with Crippen LogP contribution in [0.1, 0.15) is 104 Å². The van der Waals surface area contributed by atoms with E-state index < -0.39 is 67.6 Å². The summed E-state index contributed by atoms with van der Waals surface area (Å²) in [4.78, 5) is 14.0. The van der Waals surface area contributed by atoms with Crippen LogP contribution in [-0.4, -0.2) is 122 Å². The second kappa shape index (κ2) is 20.9. The van der Waals surface area contributed by atoms with Crippen LogP contribution in [0.15, 0.2) is 0 Å². The van der Waals surface area contributed by atoms with Gasteiger partial charge in [-0.05, 0) is 13.3 Å². The van der Waals surface area contributed by atoms with Gasteiger partial charge >= 0.3 is 0 Å². The predicted molar refractivity (Wildman–Crippen MR) is 150 cm³/mol. The van der Waals surface area contributed by atoms with Crippen molar-refractivity contribution in [1.29, 1.82) is 0 Å². The highest BCUT2D eigenvalue weighted by molar-refractivity contribution is 5.81. The van der Waals surface area contributed by atoms with Crippen molar-refractivity contribution in [2.45, 2.75) is 159 Å². The molecule has 1 rings (SSSR count). The zero-order valence-electron chi connectivity index (χ0n) is 24.8. The molecule has 7 N–H and O–H groups in total. The van der Waals surface area contributed by atoms with E-state index in [-0.39, 0.29) is 0 Å². The first kappa shape index (κ1) is 37.1. The van der Waals surface area contributed by atoms with Gasteiger partial charge in [0, 0.05) is 13.6 Å². The van der Waals surface area contributed by atoms with E-state index in [9.17, 15) is 40.5 Å². The van der Waals surface area contributed by atoms with Gasteiger partial charge < -0.3 is 50.1 Å². The van der Waals surface area contributed by atoms with Crippen LogP contribution in [-0.2, 0) is 14.3 Å². The molecule has 1 heterocycles. The maximum Gasteiger partial charge on any atom is 0.253 e. The van der Waals surface area contributed by atoms with Crippen LogP contribution in [0.4, 0.5) is 0 Å². The van der Waals surface area contributed by atoms with Crippen molar-refractivity contribution >= 4 is 5.91 Å². The third-order valence-electron chi connectivity index (χ3n) is 7.80. The average molecular weight is 580 g/mol. The Kier molecular flexibility index (Phi) is 19.4. The molecule has 1 fully saturated rings. The van der Waals surface area contributed by atoms with Crippen molar-refractivity contribution in [3.05, 3.63) is 0 Å². The quantitative estimate of drug-likeness (QED) is 0.0922. The number of unbranched alkanes of at least 4 members (excludes halogenated alkanes) is 13. The van der Waals surface area contributed by atoms with E-state index in [0.29, 0.717) is 6.54 Å². The molecule has 0 spiro atoms. The van der Waals surface area contributed by atoms with Crippen molar-refractivity contribution in [3.8, 4) is 0 Å². The highest BCUT2D eigenvalue weighted by Gasteiger charge is 2.46. The number of carbonyl (C=O) groups excluding carboxylic acids is 1. The predicted octanol–water partition coefficient (Wildman–Crippen LogP) is 1.21. The zero-order chi connectivity index (χ0) is 30.1. The molecule has 0 aromatic carbocycles. The van der Waals surface area contributed by atoms with Gasteiger partial charge in [-0.1, -0.05) is 90.4 Å². The highest BCUT2D eigenvalue weighted by atomic mass is 16.7. The smallest absolute Gasteiger partial charge is 0.253 e. The standard InChI is InChI=1S/C29H57NO10/c1-4-5-6-7-8-9-10-11-12-13-14-15-16-17-18-30(3)28(38)25(36)24(35)27(21(32)19-31)40-29-26(37)23(34)22(33)20(2)39-29/h20-27,29,31-37H,4-19H2,1-3H3/t20-,21-,22+,23+,24-,25-,26-,27-,29+/m1/s1. The number of ether oxygens (including phenoxy) is 2. The lowest BCUT2D eigenvalue weighted by Crippen LogP contribution is -2.61. The summed E-state index contributed by atoms with van der Waals surface area (Å²) in [5.41, 5.74) is 0. The maximum atomic E-state index is 12.7. The van der Waals surface area contributed by atoms with Crippen LogP contribution in [0.3, 0.4) is 0 Å². The van der Waals surface area contributed by atoms with Crippen LogP contribution in [0, 0.1) is 0 Å². The van der Waals surface area contributed by atoms with Gasteiger partial charge in [0.1, 0.15) is 36.6 Å². The summed E-state index contributed by atoms with van der Waals surface area (Å²) >= 11 is 0. The molecule has 1 aliphatic heterocycles. The summed E-state index contributed by atoms with van der Waals surface area (Å²) in [7, 11) is 1.51. The summed E-state index contributed by atoms with van der Waals surface area (Å²) in [6.07, 6.45) is 2.26. The number of rotatable bonds is 22. The summed E-state index contributed by atoms with van der Waals surface area (Å²) in [5, 5.41) is 70.8. The molecule has 11 heteroatoms. The van der Waals surface area contributed by atoms with Crippen LogP contribution < -0.4 is 0 Å². The Balaban J connectivity index is 2.36. The molecule has 0 aliphatic carbocycles. The molecular formula is C29H57NO10. The third kappa shape index (κ3) is 13.0. The molecular weight excluding hydrogens is 522 g/mol. The first-order valence-corrected chi connectivity index (χ1v) is 15.3. The Morgan fingerprint density at radius 1 is 0.800 bits per heavy atom. The van der Waals surface area contributed by atoms with Gasteiger partial charge in [-0.25, -0.2) is 0 Å². The van der Waals surface area contributed by atoms with Gasteiger partial charge in [-0.15, -0.1) is 0 Å². The summed E-state index contributed by atoms with van der Waals surface area (Å²) < 4.78 is 10.7. The van der Waals surface area contributed by atoms with Crippen LogP contribution in [0.25, 0.3) is 0 Å². The van der Waals surface area contributed by atoms with E-state index >= 15 is 0 Å². The highest BCUT2D eigenvalue weighted by Crippen LogP contribution is 2.25. The van der Waals surface area contributed by atoms with Gasteiger partial charge in [-0.2, -0.15) is 0 Å². The minimum atomic E-state index is -1.98. The lowest BCUT2D eigenvalue weighted by Gasteiger charge is -2.41. The molecule has 1 saturated heterocycles. The fourth-order valence-electron chi connectivity index (χ4n) is 4.99. The first-order chi connectivity index (χ1) is 19.1. The molecule has 11 nitrogen and oxygen atoms in total. The maximum absolute atomic E-state index is 12.7. The van der Waals surface area contributed by atoms with Crippen LogP contribution in [0.2, 0.25) is 0 Å². The average Bonchev–Trinajstić information content (AvgIpc) is 2.95. The Bertz CT molecular complexity index is 656. The molecule has 0 aromatic rings. The Morgan fingerprint density at radius 3 is 1.75 bits per heavy atom. The van der Waals surface area contributed by atoms with Crippen molar-refractivity contribution in [3.63, 3.8) is 0 Å². The second-order valence-electron chi connectivity index (χ2n) is 11.3. The number of aliphatic hydroxyl groups is 7. The van der Waals surface area contributed by atoms with Crippen LogP contribution >= 0.6 is 0 Å². The normalized spacial score (nSPS) is 26.3. The van der Waals surface area contributed by atoms with Crippen molar-refractivity contribution in [2.24, 2.45) is 0 Å². The van der Waals surface area contributed by atoms with Gasteiger partial charge in [0.15, 0.2) is 12.4 Å². The molecule has 238 valence electrons. The Morgan fingerprint density at radius 2 is 1.27 bits per heavy atom. The van der Waals surface area contributed by atoms with E-state index in [1.165, 1.54) is 83.1 Å². The fraction of sp³-hybridized carbons (Fsp3) is 0.966. The fourth-order valence-corrected chi connectivity index (χ4v) is 4.99. The zero-order valence-corrected chi connectivity index (χ0v) is 24.8. The second-order valence-corrected chi connectivity index (χ2v) is 11.3. The minimum Gasteiger partial charge on any atom is -0.394 e. The summed E-state index contributed by atoms with van der Waals surface area (Å²) in [6, 6.07) is 0. The van der Waals surface area contributed by atoms with E-state index in [0.717, 1.165) is 25.7 Å². The lowest BCUT2D eigenvalue weighted by atomic mass is 9.98. The first-order valence-electron chi connectivity index (χ1n) is 15.3. The molecule has 0 bridgehead atoms. The summed E-state index contributed by atoms with van der Waals surface area (Å²) in [6.45, 7) is 3.16. The van der Waals surface area contributed by atoms with E-state index in [1.54, 1.807) is 0 Å². The molecule has 1 aliphatic rings. The van der Waals surface area contributed by atoms with Crippen molar-refractivity contribution < 1.29 is 50.0 Å². The Labute approximate surface area is 240 Å². The number of hydrogen-bond acceptors (Lipinski definition) is 10. The van der Waals surface area contributed by atoms with E-state index in [4.69, 9.17) is 9.47 Å². The SMILES string of the molecule is CCCCCCCCCCCCCCCCN(C)C(=O)[C@H](O)[C@@H](O)[C@H](O[C@@H]1O[C@H](C)[C@H](O)[C@H](O)[C@H]1O)[C@H](O)CO. The lowest BCUT2D eigenvalue weighted by molar-refractivity contribution is -0.320. The van der Waals surface area contributed by atoms with Gasteiger partial charge in [0.2, 0.25) is 0 Å². The number of likely N-dealkylation sites (N-methyl/N-ethyl adjacent to an activating group) is 1. The molecule has 1 amide bonds. The van der Waals surface area contributed by atoms with Crippen molar-refractivity contribution in [1.82, 2.24) is 4.90 Å². The molecule has 0 unspecified atom stereocenters. The van der Waals surface area contributed by atoms with E-state index in [2.05, 4.69) is 6.92 Å². The largest absolute Gasteiger partial charge is 0.394 e. The number of nitrogens with zero attached hydrogens (tertiary/aromatic N) is 1. The van der Waals surface area contributed by atoms with Gasteiger partial charge in [0.25, 0.3) is 5.91 Å². The molecule has 0 saturated carbocycles. The molecule has 40 heavy (non-hydrogen) atoms. The summed E-state index contributed by atoms with van der Waals surface area (Å²) in [5.74, 6) is -0.783. The topological polar surface area (TPSA) is 180 Å². The third-order valence-corrected chi connectivity index (χ3v) is 7.80.